The molecule has 1 aromatic heterocycles. The predicted octanol–water partition coefficient (Wildman–Crippen LogP) is 4.83. The summed E-state index contributed by atoms with van der Waals surface area (Å²) in [6.45, 7) is 0.241. The third-order valence-electron chi connectivity index (χ3n) is 4.98. The molecule has 3 amide bonds. The fraction of sp³-hybridized carbons (Fsp3) is 0.0833. The molecule has 194 valence electrons. The lowest BCUT2D eigenvalue weighted by atomic mass is 10.3. The highest BCUT2D eigenvalue weighted by Crippen LogP contribution is 2.34. The Balaban J connectivity index is 1.30. The van der Waals surface area contributed by atoms with Gasteiger partial charge in [0.05, 0.1) is 16.1 Å². The van der Waals surface area contributed by atoms with Crippen molar-refractivity contribution in [2.75, 3.05) is 18.4 Å². The Morgan fingerprint density at radius 3 is 2.45 bits per heavy atom. The van der Waals surface area contributed by atoms with Crippen LogP contribution in [0.2, 0.25) is 10.0 Å². The summed E-state index contributed by atoms with van der Waals surface area (Å²) >= 11 is 12.2. The lowest BCUT2D eigenvalue weighted by Gasteiger charge is -2.11. The van der Waals surface area contributed by atoms with Crippen LogP contribution < -0.4 is 20.7 Å². The first-order valence-electron chi connectivity index (χ1n) is 11.0. The normalized spacial score (nSPS) is 10.5. The van der Waals surface area contributed by atoms with Gasteiger partial charge in [-0.25, -0.2) is 9.48 Å². The molecule has 3 aromatic carbocycles. The van der Waals surface area contributed by atoms with Crippen molar-refractivity contribution in [3.8, 4) is 17.2 Å². The van der Waals surface area contributed by atoms with Gasteiger partial charge in [-0.05, 0) is 42.5 Å². The number of carbonyl (C=O) groups excluding carboxylic acids is 2. The van der Waals surface area contributed by atoms with E-state index in [-0.39, 0.29) is 24.5 Å². The van der Waals surface area contributed by atoms with E-state index < -0.39 is 16.9 Å². The van der Waals surface area contributed by atoms with E-state index in [1.165, 1.54) is 35.1 Å². The smallest absolute Gasteiger partial charge is 0.319 e. The average Bonchev–Trinajstić information content (AvgIpc) is 3.39. The Morgan fingerprint density at radius 1 is 0.974 bits per heavy atom. The Labute approximate surface area is 225 Å². The van der Waals surface area contributed by atoms with Gasteiger partial charge in [0.15, 0.2) is 11.4 Å². The van der Waals surface area contributed by atoms with Crippen LogP contribution in [0, 0.1) is 10.1 Å². The number of anilines is 1. The van der Waals surface area contributed by atoms with Crippen LogP contribution in [-0.4, -0.2) is 44.9 Å². The number of amides is 3. The lowest BCUT2D eigenvalue weighted by molar-refractivity contribution is -0.384. The minimum atomic E-state index is -0.533. The van der Waals surface area contributed by atoms with Gasteiger partial charge in [-0.1, -0.05) is 40.5 Å². The number of para-hydroxylation sites is 2. The average molecular weight is 556 g/mol. The van der Waals surface area contributed by atoms with Gasteiger partial charge < -0.3 is 20.7 Å². The Hall–Kier alpha value is -4.68. The van der Waals surface area contributed by atoms with Gasteiger partial charge in [-0.2, -0.15) is 0 Å². The van der Waals surface area contributed by atoms with Crippen molar-refractivity contribution in [3.05, 3.63) is 98.8 Å². The van der Waals surface area contributed by atoms with Gasteiger partial charge in [0.25, 0.3) is 11.6 Å². The molecule has 0 bridgehead atoms. The summed E-state index contributed by atoms with van der Waals surface area (Å²) in [5.74, 6) is 0.330. The quantitative estimate of drug-likeness (QED) is 0.152. The molecule has 0 radical (unpaired) electrons. The van der Waals surface area contributed by atoms with Gasteiger partial charge >= 0.3 is 6.03 Å². The van der Waals surface area contributed by atoms with Crippen molar-refractivity contribution in [1.29, 1.82) is 0 Å². The Morgan fingerprint density at radius 2 is 1.71 bits per heavy atom. The lowest BCUT2D eigenvalue weighted by Crippen LogP contribution is -2.36. The third-order valence-corrected chi connectivity index (χ3v) is 5.51. The van der Waals surface area contributed by atoms with Gasteiger partial charge in [-0.3, -0.25) is 14.9 Å². The molecule has 0 aliphatic rings. The number of carbonyl (C=O) groups is 2. The van der Waals surface area contributed by atoms with Crippen LogP contribution in [-0.2, 0) is 0 Å². The number of nitrogens with one attached hydrogen (secondary N) is 3. The maximum Gasteiger partial charge on any atom is 0.319 e. The summed E-state index contributed by atoms with van der Waals surface area (Å²) in [7, 11) is 0. The van der Waals surface area contributed by atoms with Gasteiger partial charge in [0, 0.05) is 35.9 Å². The van der Waals surface area contributed by atoms with Crippen LogP contribution in [0.15, 0.2) is 72.9 Å². The van der Waals surface area contributed by atoms with E-state index in [1.807, 2.05) is 0 Å². The molecular formula is C24H19Cl2N7O5. The Kier molecular flexibility index (Phi) is 8.36. The summed E-state index contributed by atoms with van der Waals surface area (Å²) in [6.07, 6.45) is 1.44. The van der Waals surface area contributed by atoms with E-state index in [0.717, 1.165) is 0 Å². The zero-order valence-corrected chi connectivity index (χ0v) is 20.9. The third kappa shape index (κ3) is 6.75. The predicted molar refractivity (Wildman–Crippen MR) is 140 cm³/mol. The fourth-order valence-corrected chi connectivity index (χ4v) is 3.63. The molecule has 4 aromatic rings. The number of nitro benzene ring substituents is 1. The number of nitrogens with zero attached hydrogens (tertiary/aromatic N) is 4. The maximum absolute atomic E-state index is 12.5. The van der Waals surface area contributed by atoms with Gasteiger partial charge in [0.1, 0.15) is 11.4 Å². The molecule has 3 N–H and O–H groups in total. The number of halogens is 2. The molecule has 14 heteroatoms. The monoisotopic (exact) mass is 555 g/mol. The second-order valence-electron chi connectivity index (χ2n) is 7.63. The van der Waals surface area contributed by atoms with Crippen molar-refractivity contribution in [2.45, 2.75) is 0 Å². The summed E-state index contributed by atoms with van der Waals surface area (Å²) in [5, 5.41) is 27.2. The molecule has 0 spiro atoms. The van der Waals surface area contributed by atoms with Crippen molar-refractivity contribution in [3.63, 3.8) is 0 Å². The van der Waals surface area contributed by atoms with E-state index >= 15 is 0 Å². The van der Waals surface area contributed by atoms with Gasteiger partial charge in [-0.15, -0.1) is 5.10 Å². The van der Waals surface area contributed by atoms with Crippen molar-refractivity contribution in [2.24, 2.45) is 0 Å². The number of hydrogen-bond donors (Lipinski definition) is 3. The van der Waals surface area contributed by atoms with Crippen LogP contribution in [0.1, 0.15) is 10.5 Å². The minimum Gasteiger partial charge on any atom is -0.454 e. The molecule has 0 aliphatic carbocycles. The molecule has 0 fully saturated rings. The molecular weight excluding hydrogens is 537 g/mol. The van der Waals surface area contributed by atoms with E-state index in [4.69, 9.17) is 27.9 Å². The standard InChI is InChI=1S/C24H19Cl2N7O5/c25-15-5-10-21(18(26)13-15)38-22-4-2-1-3-20(22)32-14-19(30-31-32)23(34)27-11-12-28-24(35)29-16-6-8-17(9-7-16)33(36)37/h1-10,13-14H,11-12H2,(H,27,34)(H2,28,29,35). The fourth-order valence-electron chi connectivity index (χ4n) is 3.18. The second kappa shape index (κ2) is 12.0. The SMILES string of the molecule is O=C(NCCNC(=O)c1cn(-c2ccccc2Oc2ccc(Cl)cc2Cl)nn1)Nc1ccc([N+](=O)[O-])cc1. The van der Waals surface area contributed by atoms with Gasteiger partial charge in [0.2, 0.25) is 0 Å². The molecule has 1 heterocycles. The van der Waals surface area contributed by atoms with Crippen LogP contribution in [0.4, 0.5) is 16.2 Å². The maximum atomic E-state index is 12.5. The first-order chi connectivity index (χ1) is 18.3. The highest BCUT2D eigenvalue weighted by Gasteiger charge is 2.15. The highest BCUT2D eigenvalue weighted by atomic mass is 35.5. The molecule has 38 heavy (non-hydrogen) atoms. The molecule has 0 aliphatic heterocycles. The number of urea groups is 1. The summed E-state index contributed by atoms with van der Waals surface area (Å²) in [4.78, 5) is 34.6. The number of nitro groups is 1. The number of benzene rings is 3. The molecule has 0 atom stereocenters. The number of rotatable bonds is 9. The van der Waals surface area contributed by atoms with Crippen molar-refractivity contribution >= 4 is 46.5 Å². The molecule has 12 nitrogen and oxygen atoms in total. The second-order valence-corrected chi connectivity index (χ2v) is 8.48. The first kappa shape index (κ1) is 26.4. The summed E-state index contributed by atoms with van der Waals surface area (Å²) in [6, 6.07) is 16.7. The molecule has 0 saturated heterocycles. The number of hydrogen-bond acceptors (Lipinski definition) is 7. The van der Waals surface area contributed by atoms with Crippen LogP contribution in [0.25, 0.3) is 5.69 Å². The van der Waals surface area contributed by atoms with Crippen LogP contribution in [0.5, 0.6) is 11.5 Å². The zero-order valence-electron chi connectivity index (χ0n) is 19.4. The van der Waals surface area contributed by atoms with E-state index in [9.17, 15) is 19.7 Å². The van der Waals surface area contributed by atoms with E-state index in [1.54, 1.807) is 42.5 Å². The number of non-ortho nitro benzene ring substituents is 1. The Bertz CT molecular complexity index is 1480. The van der Waals surface area contributed by atoms with E-state index in [0.29, 0.717) is 32.9 Å². The summed E-state index contributed by atoms with van der Waals surface area (Å²) < 4.78 is 7.32. The number of aromatic nitrogens is 3. The molecule has 0 saturated carbocycles. The summed E-state index contributed by atoms with van der Waals surface area (Å²) in [5.41, 5.74) is 0.878. The number of ether oxygens (including phenoxy) is 1. The largest absolute Gasteiger partial charge is 0.454 e. The van der Waals surface area contributed by atoms with Crippen molar-refractivity contribution in [1.82, 2.24) is 25.6 Å². The topological polar surface area (TPSA) is 153 Å². The van der Waals surface area contributed by atoms with Crippen molar-refractivity contribution < 1.29 is 19.2 Å². The first-order valence-corrected chi connectivity index (χ1v) is 11.8. The van der Waals surface area contributed by atoms with E-state index in [2.05, 4.69) is 26.3 Å². The minimum absolute atomic E-state index is 0.0552. The molecule has 0 unspecified atom stereocenters. The zero-order chi connectivity index (χ0) is 27.1. The molecule has 4 rings (SSSR count). The van der Waals surface area contributed by atoms with Crippen LogP contribution in [0.3, 0.4) is 0 Å². The highest BCUT2D eigenvalue weighted by molar-refractivity contribution is 6.35. The van der Waals surface area contributed by atoms with Crippen LogP contribution >= 0.6 is 23.2 Å².